The molecule has 1 heterocycles. The van der Waals surface area contributed by atoms with Gasteiger partial charge in [0, 0.05) is 17.6 Å². The Kier molecular flexibility index (Phi) is 1.91. The lowest BCUT2D eigenvalue weighted by Gasteiger charge is -2.15. The van der Waals surface area contributed by atoms with Gasteiger partial charge in [0.25, 0.3) is 0 Å². The second-order valence-corrected chi connectivity index (χ2v) is 2.80. The Labute approximate surface area is 77.3 Å². The van der Waals surface area contributed by atoms with Gasteiger partial charge in [-0.05, 0) is 36.4 Å². The van der Waals surface area contributed by atoms with Crippen molar-refractivity contribution in [3.05, 3.63) is 54.5 Å². The first-order valence-corrected chi connectivity index (χ1v) is 4.09. The summed E-state index contributed by atoms with van der Waals surface area (Å²) in [5, 5.41) is 0. The maximum atomic E-state index is 5.59. The van der Waals surface area contributed by atoms with Crippen LogP contribution in [0.4, 0.5) is 11.4 Å². The van der Waals surface area contributed by atoms with E-state index in [4.69, 9.17) is 5.73 Å². The third-order valence-corrected chi connectivity index (χ3v) is 1.84. The second kappa shape index (κ2) is 3.21. The van der Waals surface area contributed by atoms with Crippen LogP contribution in [-0.2, 0) is 0 Å². The van der Waals surface area contributed by atoms with Gasteiger partial charge >= 0.3 is 0 Å². The van der Waals surface area contributed by atoms with Crippen LogP contribution in [0.2, 0.25) is 0 Å². The molecule has 0 unspecified atom stereocenters. The van der Waals surface area contributed by atoms with E-state index in [1.54, 1.807) is 0 Å². The molecular formula is C11H10N2. The molecule has 2 N–H and O–H groups in total. The lowest BCUT2D eigenvalue weighted by atomic mass is 10.2. The monoisotopic (exact) mass is 170 g/mol. The first kappa shape index (κ1) is 7.71. The topological polar surface area (TPSA) is 29.3 Å². The third kappa shape index (κ3) is 1.63. The van der Waals surface area contributed by atoms with Crippen LogP contribution >= 0.6 is 0 Å². The van der Waals surface area contributed by atoms with Crippen molar-refractivity contribution in [1.82, 2.24) is 0 Å². The fourth-order valence-electron chi connectivity index (χ4n) is 1.16. The van der Waals surface area contributed by atoms with Crippen LogP contribution in [0, 0.1) is 0 Å². The molecule has 0 spiro atoms. The molecule has 2 heteroatoms. The van der Waals surface area contributed by atoms with Gasteiger partial charge < -0.3 is 10.6 Å². The Hall–Kier alpha value is -1.92. The number of rotatable bonds is 1. The van der Waals surface area contributed by atoms with Crippen LogP contribution in [0.1, 0.15) is 0 Å². The standard InChI is InChI=1S/C11H10N2/c12-10-4-6-11(7-5-10)13-8-2-1-3-9-13/h1-2,4-9H,12H2. The molecule has 0 amide bonds. The lowest BCUT2D eigenvalue weighted by Crippen LogP contribution is -2.06. The van der Waals surface area contributed by atoms with E-state index in [0.29, 0.717) is 0 Å². The van der Waals surface area contributed by atoms with Gasteiger partial charge in [-0.15, -0.1) is 5.73 Å². The molecule has 1 aromatic rings. The molecule has 0 saturated heterocycles. The Morgan fingerprint density at radius 3 is 2.54 bits per heavy atom. The minimum atomic E-state index is 0.782. The van der Waals surface area contributed by atoms with Gasteiger partial charge in [-0.25, -0.2) is 0 Å². The van der Waals surface area contributed by atoms with E-state index in [1.165, 1.54) is 0 Å². The summed E-state index contributed by atoms with van der Waals surface area (Å²) < 4.78 is 0. The zero-order chi connectivity index (χ0) is 9.10. The number of hydrogen-bond donors (Lipinski definition) is 1. The van der Waals surface area contributed by atoms with Gasteiger partial charge in [0.1, 0.15) is 0 Å². The number of anilines is 2. The van der Waals surface area contributed by atoms with Crippen molar-refractivity contribution in [3.8, 4) is 0 Å². The summed E-state index contributed by atoms with van der Waals surface area (Å²) in [4.78, 5) is 1.99. The molecule has 1 aliphatic heterocycles. The number of benzene rings is 1. The summed E-state index contributed by atoms with van der Waals surface area (Å²) in [6.07, 6.45) is 7.66. The molecule has 0 radical (unpaired) electrons. The van der Waals surface area contributed by atoms with Crippen molar-refractivity contribution in [2.45, 2.75) is 0 Å². The molecule has 0 aliphatic carbocycles. The smallest absolute Gasteiger partial charge is 0.0512 e. The van der Waals surface area contributed by atoms with Crippen molar-refractivity contribution in [2.75, 3.05) is 10.6 Å². The first-order chi connectivity index (χ1) is 6.36. The highest BCUT2D eigenvalue weighted by molar-refractivity contribution is 5.57. The molecule has 0 aromatic heterocycles. The van der Waals surface area contributed by atoms with E-state index >= 15 is 0 Å². The lowest BCUT2D eigenvalue weighted by molar-refractivity contribution is 1.27. The zero-order valence-electron chi connectivity index (χ0n) is 7.14. The van der Waals surface area contributed by atoms with E-state index in [0.717, 1.165) is 11.4 Å². The molecule has 0 saturated carbocycles. The number of hydrogen-bond acceptors (Lipinski definition) is 2. The predicted molar refractivity (Wildman–Crippen MR) is 55.1 cm³/mol. The Balaban J connectivity index is 2.31. The van der Waals surface area contributed by atoms with Crippen LogP contribution in [0.15, 0.2) is 54.5 Å². The summed E-state index contributed by atoms with van der Waals surface area (Å²) in [5.74, 6) is 0. The average molecular weight is 170 g/mol. The first-order valence-electron chi connectivity index (χ1n) is 4.09. The van der Waals surface area contributed by atoms with Gasteiger partial charge in [0.2, 0.25) is 0 Å². The van der Waals surface area contributed by atoms with Crippen LogP contribution in [0.25, 0.3) is 0 Å². The summed E-state index contributed by atoms with van der Waals surface area (Å²) in [5.41, 5.74) is 10.5. The summed E-state index contributed by atoms with van der Waals surface area (Å²) in [6.45, 7) is 0. The summed E-state index contributed by atoms with van der Waals surface area (Å²) in [6, 6.07) is 7.72. The molecule has 2 rings (SSSR count). The highest BCUT2D eigenvalue weighted by atomic mass is 15.1. The Morgan fingerprint density at radius 2 is 1.92 bits per heavy atom. The van der Waals surface area contributed by atoms with E-state index in [1.807, 2.05) is 53.7 Å². The number of allylic oxidation sites excluding steroid dienone is 2. The van der Waals surface area contributed by atoms with Gasteiger partial charge in [-0.3, -0.25) is 0 Å². The fraction of sp³-hybridized carbons (Fsp3) is 0. The quantitative estimate of drug-likeness (QED) is 0.517. The van der Waals surface area contributed by atoms with Crippen LogP contribution < -0.4 is 10.6 Å². The van der Waals surface area contributed by atoms with E-state index in [9.17, 15) is 0 Å². The van der Waals surface area contributed by atoms with Gasteiger partial charge in [-0.2, -0.15) is 0 Å². The van der Waals surface area contributed by atoms with E-state index < -0.39 is 0 Å². The Bertz CT molecular complexity index is 381. The normalized spacial score (nSPS) is 13.7. The Morgan fingerprint density at radius 1 is 1.15 bits per heavy atom. The van der Waals surface area contributed by atoms with Gasteiger partial charge in [-0.1, -0.05) is 0 Å². The third-order valence-electron chi connectivity index (χ3n) is 1.84. The molecule has 1 aliphatic rings. The van der Waals surface area contributed by atoms with E-state index in [-0.39, 0.29) is 0 Å². The molecule has 0 fully saturated rings. The van der Waals surface area contributed by atoms with Crippen molar-refractivity contribution in [1.29, 1.82) is 0 Å². The van der Waals surface area contributed by atoms with Crippen molar-refractivity contribution >= 4 is 11.4 Å². The molecule has 0 bridgehead atoms. The molecule has 64 valence electrons. The summed E-state index contributed by atoms with van der Waals surface area (Å²) >= 11 is 0. The maximum absolute atomic E-state index is 5.59. The largest absolute Gasteiger partial charge is 0.399 e. The van der Waals surface area contributed by atoms with Crippen LogP contribution in [0.5, 0.6) is 0 Å². The molecule has 2 nitrogen and oxygen atoms in total. The molecule has 13 heavy (non-hydrogen) atoms. The minimum absolute atomic E-state index is 0.782. The maximum Gasteiger partial charge on any atom is 0.0512 e. The number of nitrogens with zero attached hydrogens (tertiary/aromatic N) is 1. The SMILES string of the molecule is Nc1ccc(N2C=C=CC=C2)cc1. The molecular weight excluding hydrogens is 160 g/mol. The fourth-order valence-corrected chi connectivity index (χ4v) is 1.16. The minimum Gasteiger partial charge on any atom is -0.399 e. The second-order valence-electron chi connectivity index (χ2n) is 2.80. The van der Waals surface area contributed by atoms with E-state index in [2.05, 4.69) is 5.73 Å². The van der Waals surface area contributed by atoms with Gasteiger partial charge in [0.15, 0.2) is 0 Å². The van der Waals surface area contributed by atoms with Crippen molar-refractivity contribution < 1.29 is 0 Å². The number of nitrogen functional groups attached to an aromatic ring is 1. The molecule has 0 atom stereocenters. The van der Waals surface area contributed by atoms with Gasteiger partial charge in [0.05, 0.1) is 6.20 Å². The van der Waals surface area contributed by atoms with Crippen LogP contribution in [0.3, 0.4) is 0 Å². The highest BCUT2D eigenvalue weighted by Crippen LogP contribution is 2.17. The highest BCUT2D eigenvalue weighted by Gasteiger charge is 1.98. The predicted octanol–water partition coefficient (Wildman–Crippen LogP) is 2.27. The van der Waals surface area contributed by atoms with Crippen molar-refractivity contribution in [2.24, 2.45) is 0 Å². The van der Waals surface area contributed by atoms with Crippen molar-refractivity contribution in [3.63, 3.8) is 0 Å². The van der Waals surface area contributed by atoms with Crippen LogP contribution in [-0.4, -0.2) is 0 Å². The zero-order valence-corrected chi connectivity index (χ0v) is 7.14. The summed E-state index contributed by atoms with van der Waals surface area (Å²) in [7, 11) is 0. The number of nitrogens with two attached hydrogens (primary N) is 1. The molecule has 1 aromatic carbocycles. The average Bonchev–Trinajstić information content (AvgIpc) is 2.20.